The summed E-state index contributed by atoms with van der Waals surface area (Å²) in [5.74, 6) is 0.265. The molecule has 3 saturated heterocycles. The molecule has 4 aromatic rings. The summed E-state index contributed by atoms with van der Waals surface area (Å²) in [6, 6.07) is 17.8. The summed E-state index contributed by atoms with van der Waals surface area (Å²) in [6.07, 6.45) is 7.06. The summed E-state index contributed by atoms with van der Waals surface area (Å²) in [6.45, 7) is 6.28. The third kappa shape index (κ3) is 7.22. The number of hydrogen-bond acceptors (Lipinski definition) is 9. The summed E-state index contributed by atoms with van der Waals surface area (Å²) in [7, 11) is 3.54. The number of benzene rings is 2. The zero-order valence-corrected chi connectivity index (χ0v) is 30.5. The van der Waals surface area contributed by atoms with Gasteiger partial charge in [0.15, 0.2) is 0 Å². The third-order valence-electron chi connectivity index (χ3n) is 11.3. The first-order chi connectivity index (χ1) is 25.7. The van der Waals surface area contributed by atoms with Crippen molar-refractivity contribution in [2.75, 3.05) is 70.1 Å². The van der Waals surface area contributed by atoms with Crippen molar-refractivity contribution in [3.8, 4) is 0 Å². The van der Waals surface area contributed by atoms with Gasteiger partial charge in [-0.3, -0.25) is 29.4 Å². The second-order valence-electron chi connectivity index (χ2n) is 15.2. The zero-order valence-electron chi connectivity index (χ0n) is 30.5. The lowest BCUT2D eigenvalue weighted by atomic mass is 9.90. The van der Waals surface area contributed by atoms with E-state index in [1.807, 2.05) is 47.4 Å². The molecule has 1 atom stereocenters. The molecule has 2 aromatic heterocycles. The van der Waals surface area contributed by atoms with E-state index in [1.165, 1.54) is 0 Å². The second kappa shape index (κ2) is 14.6. The standard InChI is InChI=1S/C40H47N9O4/c1-45(2)39(53)34-21-29-22-41-40(44-36(29)49(34)32-5-3-4-6-32)42-30-11-7-28(8-12-30)38(52)48-24-26(25-48)23-46-17-19-47(20-18-46)31-13-9-27(10-14-31)33-15-16-35(50)43-37(33)51/h7-14,21-22,26,32-33H,3-6,15-20,23-25H2,1-2H3,(H,41,42,44)(H,43,50,51). The van der Waals surface area contributed by atoms with Crippen molar-refractivity contribution in [2.24, 2.45) is 5.92 Å². The van der Waals surface area contributed by atoms with E-state index in [2.05, 4.69) is 42.1 Å². The Morgan fingerprint density at radius 2 is 1.64 bits per heavy atom. The quantitative estimate of drug-likeness (QED) is 0.242. The highest BCUT2D eigenvalue weighted by Gasteiger charge is 2.34. The van der Waals surface area contributed by atoms with E-state index >= 15 is 0 Å². The van der Waals surface area contributed by atoms with Crippen LogP contribution in [-0.4, -0.2) is 113 Å². The number of hydrogen-bond donors (Lipinski definition) is 2. The number of nitrogens with zero attached hydrogens (tertiary/aromatic N) is 7. The molecule has 4 fully saturated rings. The number of anilines is 3. The molecular formula is C40H47N9O4. The average molecular weight is 718 g/mol. The maximum atomic E-state index is 13.3. The van der Waals surface area contributed by atoms with Gasteiger partial charge in [-0.1, -0.05) is 25.0 Å². The second-order valence-corrected chi connectivity index (χ2v) is 15.2. The lowest BCUT2D eigenvalue weighted by molar-refractivity contribution is -0.134. The largest absolute Gasteiger partial charge is 0.369 e. The molecule has 3 aliphatic heterocycles. The summed E-state index contributed by atoms with van der Waals surface area (Å²) in [5.41, 5.74) is 4.96. The molecule has 1 unspecified atom stereocenters. The van der Waals surface area contributed by atoms with Gasteiger partial charge in [0, 0.05) is 107 Å². The van der Waals surface area contributed by atoms with Gasteiger partial charge in [0.1, 0.15) is 11.3 Å². The van der Waals surface area contributed by atoms with Crippen LogP contribution in [0.25, 0.3) is 11.0 Å². The van der Waals surface area contributed by atoms with Crippen LogP contribution in [0.15, 0.2) is 60.8 Å². The number of fused-ring (bicyclic) bond motifs is 1. The predicted octanol–water partition coefficient (Wildman–Crippen LogP) is 4.41. The number of piperazine rings is 1. The Hall–Kier alpha value is -5.30. The van der Waals surface area contributed by atoms with Crippen LogP contribution in [0.2, 0.25) is 0 Å². The van der Waals surface area contributed by atoms with Crippen LogP contribution >= 0.6 is 0 Å². The number of amides is 4. The maximum Gasteiger partial charge on any atom is 0.270 e. The molecule has 2 aromatic carbocycles. The highest BCUT2D eigenvalue weighted by atomic mass is 16.2. The summed E-state index contributed by atoms with van der Waals surface area (Å²) < 4.78 is 2.10. The van der Waals surface area contributed by atoms with Crippen LogP contribution in [0.1, 0.15) is 76.9 Å². The molecule has 276 valence electrons. The zero-order chi connectivity index (χ0) is 36.6. The Morgan fingerprint density at radius 3 is 2.32 bits per heavy atom. The highest BCUT2D eigenvalue weighted by Crippen LogP contribution is 2.35. The lowest BCUT2D eigenvalue weighted by Crippen LogP contribution is -2.56. The van der Waals surface area contributed by atoms with E-state index in [4.69, 9.17) is 4.98 Å². The lowest BCUT2D eigenvalue weighted by Gasteiger charge is -2.44. The monoisotopic (exact) mass is 717 g/mol. The van der Waals surface area contributed by atoms with Crippen molar-refractivity contribution in [1.82, 2.24) is 34.6 Å². The van der Waals surface area contributed by atoms with Gasteiger partial charge in [0.25, 0.3) is 11.8 Å². The average Bonchev–Trinajstić information content (AvgIpc) is 3.81. The molecule has 0 spiro atoms. The van der Waals surface area contributed by atoms with E-state index in [0.717, 1.165) is 99.5 Å². The molecule has 13 nitrogen and oxygen atoms in total. The van der Waals surface area contributed by atoms with E-state index in [1.54, 1.807) is 25.2 Å². The van der Waals surface area contributed by atoms with Gasteiger partial charge in [-0.05, 0) is 67.3 Å². The first-order valence-corrected chi connectivity index (χ1v) is 18.9. The SMILES string of the molecule is CN(C)C(=O)c1cc2cnc(Nc3ccc(C(=O)N4CC(CN5CCN(c6ccc(C7CCC(=O)NC7=O)cc6)CC5)C4)cc3)nc2n1C1CCCC1. The Kier molecular flexibility index (Phi) is 9.59. The maximum absolute atomic E-state index is 13.3. The van der Waals surface area contributed by atoms with Crippen LogP contribution in [0.5, 0.6) is 0 Å². The van der Waals surface area contributed by atoms with E-state index in [0.29, 0.717) is 36.0 Å². The number of likely N-dealkylation sites (tertiary alicyclic amines) is 1. The fourth-order valence-corrected chi connectivity index (χ4v) is 8.34. The van der Waals surface area contributed by atoms with Gasteiger partial charge in [-0.15, -0.1) is 0 Å². The Labute approximate surface area is 309 Å². The van der Waals surface area contributed by atoms with Gasteiger partial charge < -0.3 is 24.6 Å². The van der Waals surface area contributed by atoms with Crippen molar-refractivity contribution >= 4 is 52.0 Å². The summed E-state index contributed by atoms with van der Waals surface area (Å²) >= 11 is 0. The van der Waals surface area contributed by atoms with Crippen molar-refractivity contribution in [3.05, 3.63) is 77.6 Å². The van der Waals surface area contributed by atoms with E-state index in [9.17, 15) is 19.2 Å². The number of aromatic nitrogens is 3. The van der Waals surface area contributed by atoms with Crippen LogP contribution in [0, 0.1) is 5.92 Å². The number of rotatable bonds is 9. The summed E-state index contributed by atoms with van der Waals surface area (Å²) in [4.78, 5) is 67.9. The molecule has 1 aliphatic carbocycles. The number of imide groups is 1. The van der Waals surface area contributed by atoms with Crippen molar-refractivity contribution < 1.29 is 19.2 Å². The minimum absolute atomic E-state index is 0.0365. The normalized spacial score (nSPS) is 20.1. The van der Waals surface area contributed by atoms with Crippen LogP contribution in [-0.2, 0) is 9.59 Å². The fourth-order valence-electron chi connectivity index (χ4n) is 8.34. The molecule has 5 heterocycles. The van der Waals surface area contributed by atoms with Gasteiger partial charge >= 0.3 is 0 Å². The van der Waals surface area contributed by atoms with Crippen LogP contribution < -0.4 is 15.5 Å². The Bertz CT molecular complexity index is 2010. The third-order valence-corrected chi connectivity index (χ3v) is 11.3. The Morgan fingerprint density at radius 1 is 0.925 bits per heavy atom. The van der Waals surface area contributed by atoms with Crippen LogP contribution in [0.3, 0.4) is 0 Å². The molecule has 0 bridgehead atoms. The first-order valence-electron chi connectivity index (χ1n) is 18.9. The van der Waals surface area contributed by atoms with Gasteiger partial charge in [-0.2, -0.15) is 4.98 Å². The number of piperidine rings is 1. The van der Waals surface area contributed by atoms with Crippen molar-refractivity contribution in [1.29, 1.82) is 0 Å². The smallest absolute Gasteiger partial charge is 0.270 e. The molecule has 2 N–H and O–H groups in total. The molecule has 0 radical (unpaired) electrons. The molecule has 53 heavy (non-hydrogen) atoms. The highest BCUT2D eigenvalue weighted by molar-refractivity contribution is 6.01. The number of carbonyl (C=O) groups is 4. The first kappa shape index (κ1) is 34.8. The molecule has 1 saturated carbocycles. The fraction of sp³-hybridized carbons (Fsp3) is 0.450. The molecule has 4 amide bonds. The molecule has 8 rings (SSSR count). The number of carbonyl (C=O) groups excluding carboxylic acids is 4. The molecule has 13 heteroatoms. The molecular weight excluding hydrogens is 670 g/mol. The van der Waals surface area contributed by atoms with Gasteiger partial charge in [-0.25, -0.2) is 4.98 Å². The van der Waals surface area contributed by atoms with Crippen molar-refractivity contribution in [3.63, 3.8) is 0 Å². The van der Waals surface area contributed by atoms with Gasteiger partial charge in [0.05, 0.1) is 5.92 Å². The number of nitrogens with one attached hydrogen (secondary N) is 2. The Balaban J connectivity index is 0.814. The summed E-state index contributed by atoms with van der Waals surface area (Å²) in [5, 5.41) is 6.59. The minimum Gasteiger partial charge on any atom is -0.369 e. The predicted molar refractivity (Wildman–Crippen MR) is 202 cm³/mol. The van der Waals surface area contributed by atoms with Gasteiger partial charge in [0.2, 0.25) is 17.8 Å². The van der Waals surface area contributed by atoms with Crippen LogP contribution in [0.4, 0.5) is 17.3 Å². The van der Waals surface area contributed by atoms with Crippen molar-refractivity contribution in [2.45, 2.75) is 50.5 Å². The topological polar surface area (TPSA) is 136 Å². The van der Waals surface area contributed by atoms with E-state index < -0.39 is 0 Å². The minimum atomic E-state index is -0.261. The van der Waals surface area contributed by atoms with E-state index in [-0.39, 0.29) is 35.6 Å². The molecule has 4 aliphatic rings.